The minimum absolute atomic E-state index is 0.186. The van der Waals surface area contributed by atoms with Gasteiger partial charge in [-0.25, -0.2) is 13.5 Å². The van der Waals surface area contributed by atoms with Gasteiger partial charge in [0, 0.05) is 23.4 Å². The Morgan fingerprint density at radius 2 is 1.74 bits per heavy atom. The third kappa shape index (κ3) is 3.52. The summed E-state index contributed by atoms with van der Waals surface area (Å²) >= 11 is 0.760. The van der Waals surface area contributed by atoms with Gasteiger partial charge in [-0.05, 0) is 42.1 Å². The lowest BCUT2D eigenvalue weighted by atomic mass is 10.1. The van der Waals surface area contributed by atoms with Crippen LogP contribution in [0.2, 0.25) is 0 Å². The van der Waals surface area contributed by atoms with Crippen LogP contribution >= 0.6 is 11.8 Å². The molecule has 0 bridgehead atoms. The van der Waals surface area contributed by atoms with Crippen molar-refractivity contribution in [2.45, 2.75) is 0 Å². The number of imide groups is 1. The summed E-state index contributed by atoms with van der Waals surface area (Å²) in [6.45, 7) is 0. The van der Waals surface area contributed by atoms with Gasteiger partial charge in [0.25, 0.3) is 11.1 Å². The molecule has 1 saturated heterocycles. The summed E-state index contributed by atoms with van der Waals surface area (Å²) in [5, 5.41) is 6.13. The zero-order valence-corrected chi connectivity index (χ0v) is 14.5. The second-order valence-corrected chi connectivity index (χ2v) is 6.74. The highest BCUT2D eigenvalue weighted by atomic mass is 32.2. The van der Waals surface area contributed by atoms with Gasteiger partial charge in [-0.2, -0.15) is 5.10 Å². The van der Waals surface area contributed by atoms with Gasteiger partial charge in [0.2, 0.25) is 0 Å². The van der Waals surface area contributed by atoms with Crippen molar-refractivity contribution in [1.29, 1.82) is 0 Å². The number of carbonyl (C=O) groups is 2. The number of benzene rings is 2. The van der Waals surface area contributed by atoms with Gasteiger partial charge < -0.3 is 0 Å². The molecule has 0 aliphatic carbocycles. The van der Waals surface area contributed by atoms with Crippen molar-refractivity contribution in [2.24, 2.45) is 0 Å². The fraction of sp³-hybridized carbons (Fsp3) is 0. The summed E-state index contributed by atoms with van der Waals surface area (Å²) in [7, 11) is 0. The van der Waals surface area contributed by atoms with Gasteiger partial charge in [0.05, 0.1) is 10.6 Å². The molecule has 134 valence electrons. The molecule has 1 aliphatic heterocycles. The van der Waals surface area contributed by atoms with E-state index in [0.29, 0.717) is 5.56 Å². The molecule has 2 heterocycles. The lowest BCUT2D eigenvalue weighted by molar-refractivity contribution is -0.115. The third-order valence-corrected chi connectivity index (χ3v) is 4.64. The molecule has 8 heteroatoms. The minimum atomic E-state index is -0.735. The number of nitrogens with one attached hydrogen (secondary N) is 1. The average molecular weight is 383 g/mol. The molecular formula is C19H11F2N3O2S. The number of nitrogens with zero attached hydrogens (tertiary/aromatic N) is 2. The van der Waals surface area contributed by atoms with Crippen LogP contribution in [-0.4, -0.2) is 20.9 Å². The van der Waals surface area contributed by atoms with E-state index in [0.717, 1.165) is 35.6 Å². The zero-order valence-electron chi connectivity index (χ0n) is 13.6. The molecule has 5 nitrogen and oxygen atoms in total. The molecule has 27 heavy (non-hydrogen) atoms. The Labute approximate surface area is 156 Å². The number of halogens is 2. The van der Waals surface area contributed by atoms with Crippen LogP contribution in [0.3, 0.4) is 0 Å². The Morgan fingerprint density at radius 3 is 2.37 bits per heavy atom. The molecule has 0 spiro atoms. The van der Waals surface area contributed by atoms with Gasteiger partial charge in [0.1, 0.15) is 17.3 Å². The molecule has 2 amide bonds. The first-order chi connectivity index (χ1) is 13.0. The maximum absolute atomic E-state index is 13.7. The number of para-hydroxylation sites is 1. The van der Waals surface area contributed by atoms with Crippen LogP contribution in [0.25, 0.3) is 23.0 Å². The van der Waals surface area contributed by atoms with Crippen LogP contribution in [0.4, 0.5) is 13.6 Å². The van der Waals surface area contributed by atoms with Gasteiger partial charge in [-0.1, -0.05) is 18.2 Å². The van der Waals surface area contributed by atoms with Crippen molar-refractivity contribution in [3.8, 4) is 16.9 Å². The molecule has 1 aliphatic rings. The lowest BCUT2D eigenvalue weighted by Crippen LogP contribution is -2.17. The number of hydrogen-bond donors (Lipinski definition) is 1. The number of rotatable bonds is 3. The highest BCUT2D eigenvalue weighted by molar-refractivity contribution is 8.18. The van der Waals surface area contributed by atoms with Gasteiger partial charge in [0.15, 0.2) is 0 Å². The highest BCUT2D eigenvalue weighted by Gasteiger charge is 2.26. The molecular weight excluding hydrogens is 372 g/mol. The van der Waals surface area contributed by atoms with Crippen molar-refractivity contribution in [2.75, 3.05) is 0 Å². The Morgan fingerprint density at radius 1 is 1.04 bits per heavy atom. The maximum atomic E-state index is 13.7. The zero-order chi connectivity index (χ0) is 19.0. The van der Waals surface area contributed by atoms with E-state index >= 15 is 0 Å². The largest absolute Gasteiger partial charge is 0.290 e. The lowest BCUT2D eigenvalue weighted by Gasteiger charge is -2.01. The molecule has 0 unspecified atom stereocenters. The normalized spacial score (nSPS) is 15.4. The molecule has 3 aromatic rings. The van der Waals surface area contributed by atoms with Crippen LogP contribution in [0.5, 0.6) is 0 Å². The molecule has 0 radical (unpaired) electrons. The molecule has 0 atom stereocenters. The number of amides is 2. The first-order valence-electron chi connectivity index (χ1n) is 7.86. The van der Waals surface area contributed by atoms with Crippen LogP contribution in [0, 0.1) is 11.6 Å². The fourth-order valence-corrected chi connectivity index (χ4v) is 3.36. The Kier molecular flexibility index (Phi) is 4.33. The number of hydrogen-bond acceptors (Lipinski definition) is 4. The van der Waals surface area contributed by atoms with Crippen molar-refractivity contribution < 1.29 is 18.4 Å². The summed E-state index contributed by atoms with van der Waals surface area (Å²) in [6, 6.07) is 12.2. The van der Waals surface area contributed by atoms with E-state index in [2.05, 4.69) is 10.4 Å². The van der Waals surface area contributed by atoms with E-state index in [9.17, 15) is 18.4 Å². The molecule has 0 saturated carbocycles. The number of carbonyl (C=O) groups excluding carboxylic acids is 2. The first-order valence-corrected chi connectivity index (χ1v) is 8.68. The van der Waals surface area contributed by atoms with Crippen LogP contribution < -0.4 is 5.32 Å². The van der Waals surface area contributed by atoms with Gasteiger partial charge >= 0.3 is 0 Å². The average Bonchev–Trinajstić information content (AvgIpc) is 3.18. The van der Waals surface area contributed by atoms with Crippen molar-refractivity contribution >= 4 is 29.0 Å². The Balaban J connectivity index is 1.88. The minimum Gasteiger partial charge on any atom is -0.282 e. The van der Waals surface area contributed by atoms with E-state index in [1.54, 1.807) is 10.9 Å². The molecule has 2 aromatic carbocycles. The molecule has 1 fully saturated rings. The van der Waals surface area contributed by atoms with Crippen LogP contribution in [0.15, 0.2) is 59.6 Å². The van der Waals surface area contributed by atoms with Gasteiger partial charge in [-0.15, -0.1) is 0 Å². The topological polar surface area (TPSA) is 64.0 Å². The number of thioether (sulfide) groups is 1. The molecule has 1 N–H and O–H groups in total. The maximum Gasteiger partial charge on any atom is 0.290 e. The Bertz CT molecular complexity index is 1070. The molecule has 1 aromatic heterocycles. The molecule has 4 rings (SSSR count). The standard InChI is InChI=1S/C19H11F2N3O2S/c20-13-6-11(7-14(21)9-13)17-12(8-16-18(25)22-19(26)27-16)10-24(23-17)15-4-2-1-3-5-15/h1-10H,(H,22,25,26)/b16-8+. The van der Waals surface area contributed by atoms with Crippen molar-refractivity contribution in [1.82, 2.24) is 15.1 Å². The van der Waals surface area contributed by atoms with E-state index in [1.165, 1.54) is 6.08 Å². The smallest absolute Gasteiger partial charge is 0.282 e. The third-order valence-electron chi connectivity index (χ3n) is 3.83. The SMILES string of the molecule is O=C1NC(=O)/C(=C\c2cn(-c3ccccc3)nc2-c2cc(F)cc(F)c2)S1. The summed E-state index contributed by atoms with van der Waals surface area (Å²) in [5.74, 6) is -1.99. The number of aromatic nitrogens is 2. The summed E-state index contributed by atoms with van der Waals surface area (Å²) < 4.78 is 28.9. The van der Waals surface area contributed by atoms with Crippen LogP contribution in [-0.2, 0) is 4.79 Å². The second-order valence-electron chi connectivity index (χ2n) is 5.72. The van der Waals surface area contributed by atoms with Crippen molar-refractivity contribution in [3.63, 3.8) is 0 Å². The summed E-state index contributed by atoms with van der Waals surface area (Å²) in [4.78, 5) is 23.4. The van der Waals surface area contributed by atoms with Gasteiger partial charge in [-0.3, -0.25) is 14.9 Å². The first kappa shape index (κ1) is 17.2. The van der Waals surface area contributed by atoms with E-state index in [4.69, 9.17) is 0 Å². The van der Waals surface area contributed by atoms with E-state index in [1.807, 2.05) is 30.3 Å². The van der Waals surface area contributed by atoms with E-state index in [-0.39, 0.29) is 16.2 Å². The van der Waals surface area contributed by atoms with Crippen molar-refractivity contribution in [3.05, 3.63) is 76.8 Å². The van der Waals surface area contributed by atoms with E-state index < -0.39 is 22.8 Å². The fourth-order valence-electron chi connectivity index (χ4n) is 2.68. The monoisotopic (exact) mass is 383 g/mol. The summed E-state index contributed by atoms with van der Waals surface area (Å²) in [6.07, 6.45) is 3.12. The second kappa shape index (κ2) is 6.81. The predicted octanol–water partition coefficient (Wildman–Crippen LogP) is 4.14. The summed E-state index contributed by atoms with van der Waals surface area (Å²) in [5.41, 5.74) is 1.71. The highest BCUT2D eigenvalue weighted by Crippen LogP contribution is 2.31. The quantitative estimate of drug-likeness (QED) is 0.691. The predicted molar refractivity (Wildman–Crippen MR) is 98.0 cm³/mol. The Hall–Kier alpha value is -3.26. The van der Waals surface area contributed by atoms with Crippen LogP contribution in [0.1, 0.15) is 5.56 Å².